The number of primary amides is 1. The molecule has 2 aliphatic rings. The van der Waals surface area contributed by atoms with Gasteiger partial charge < -0.3 is 39.8 Å². The van der Waals surface area contributed by atoms with E-state index in [4.69, 9.17) is 39.0 Å². The highest BCUT2D eigenvalue weighted by Gasteiger charge is 2.28. The number of alkyl halides is 1. The van der Waals surface area contributed by atoms with Gasteiger partial charge in [0.2, 0.25) is 34.3 Å². The number of halogens is 1. The predicted molar refractivity (Wildman–Crippen MR) is 233 cm³/mol. The molecule has 0 spiro atoms. The SMILES string of the molecule is CC(C)OC(=O)OCOP(OCOC(=O)OC(C)C)C(F)c1ccc2sc(C(N)=O)cc2c1.CCCCCC(=O)N1CCCC1.CN/C=C\C=C/C=O.N#CC1CCN(C=O)C1. The number of thiophene rings is 1. The number of nitrogens with zero attached hydrogens (tertiary/aromatic N) is 3. The van der Waals surface area contributed by atoms with Crippen molar-refractivity contribution >= 4 is 66.6 Å². The highest BCUT2D eigenvalue weighted by Crippen LogP contribution is 2.54. The van der Waals surface area contributed by atoms with Crippen LogP contribution in [0.15, 0.2) is 48.7 Å². The Bertz CT molecular complexity index is 1740. The number of rotatable bonds is 19. The molecule has 0 radical (unpaired) electrons. The van der Waals surface area contributed by atoms with E-state index in [9.17, 15) is 28.8 Å². The zero-order chi connectivity index (χ0) is 46.3. The highest BCUT2D eigenvalue weighted by atomic mass is 32.1. The van der Waals surface area contributed by atoms with Crippen LogP contribution in [0.5, 0.6) is 0 Å². The number of benzene rings is 1. The molecule has 0 bridgehead atoms. The molecule has 2 saturated heterocycles. The van der Waals surface area contributed by atoms with Crippen LogP contribution in [0.25, 0.3) is 10.1 Å². The molecule has 0 saturated carbocycles. The Kier molecular flexibility index (Phi) is 28.8. The van der Waals surface area contributed by atoms with Gasteiger partial charge in [-0.3, -0.25) is 28.2 Å². The summed E-state index contributed by atoms with van der Waals surface area (Å²) in [5, 5.41) is 11.8. The third-order valence-electron chi connectivity index (χ3n) is 8.19. The smallest absolute Gasteiger partial charge is 0.432 e. The second kappa shape index (κ2) is 32.5. The summed E-state index contributed by atoms with van der Waals surface area (Å²) in [6.45, 7) is 10.8. The molecule has 2 atom stereocenters. The summed E-state index contributed by atoms with van der Waals surface area (Å²) in [6.07, 6.45) is 12.8. The summed E-state index contributed by atoms with van der Waals surface area (Å²) in [4.78, 5) is 69.6. The number of nitrogens with two attached hydrogens (primary N) is 1. The van der Waals surface area contributed by atoms with E-state index >= 15 is 4.39 Å². The van der Waals surface area contributed by atoms with Gasteiger partial charge in [0, 0.05) is 44.3 Å². The fraction of sp³-hybridized carbons (Fsp3) is 0.548. The van der Waals surface area contributed by atoms with Gasteiger partial charge in [-0.2, -0.15) is 5.26 Å². The van der Waals surface area contributed by atoms with Crippen molar-refractivity contribution in [2.75, 3.05) is 46.8 Å². The number of ether oxygens (including phenoxy) is 4. The number of unbranched alkanes of at least 4 members (excludes halogenated alkanes) is 2. The fourth-order valence-electron chi connectivity index (χ4n) is 5.23. The van der Waals surface area contributed by atoms with Crippen LogP contribution in [-0.2, 0) is 42.4 Å². The first-order valence-corrected chi connectivity index (χ1v) is 22.3. The molecule has 344 valence electrons. The van der Waals surface area contributed by atoms with E-state index in [1.54, 1.807) is 70.1 Å². The van der Waals surface area contributed by atoms with E-state index in [1.807, 2.05) is 4.90 Å². The molecular formula is C42H61FN5O12PS. The van der Waals surface area contributed by atoms with Crippen molar-refractivity contribution in [3.8, 4) is 6.07 Å². The van der Waals surface area contributed by atoms with E-state index in [2.05, 4.69) is 18.3 Å². The Morgan fingerprint density at radius 2 is 1.60 bits per heavy atom. The number of aldehydes is 1. The quantitative estimate of drug-likeness (QED) is 0.0259. The lowest BCUT2D eigenvalue weighted by molar-refractivity contribution is -0.130. The number of amides is 3. The molecule has 20 heteroatoms. The maximum atomic E-state index is 15.3. The number of fused-ring (bicyclic) bond motifs is 1. The van der Waals surface area contributed by atoms with Crippen molar-refractivity contribution in [3.05, 3.63) is 59.1 Å². The summed E-state index contributed by atoms with van der Waals surface area (Å²) < 4.78 is 45.7. The van der Waals surface area contributed by atoms with Gasteiger partial charge in [0.1, 0.15) is 6.29 Å². The van der Waals surface area contributed by atoms with Crippen molar-refractivity contribution < 1.29 is 61.2 Å². The second-order valence-electron chi connectivity index (χ2n) is 13.9. The first-order chi connectivity index (χ1) is 29.7. The van der Waals surface area contributed by atoms with Gasteiger partial charge in [-0.05, 0) is 101 Å². The van der Waals surface area contributed by atoms with Gasteiger partial charge in [0.25, 0.3) is 5.91 Å². The maximum absolute atomic E-state index is 15.3. The van der Waals surface area contributed by atoms with Crippen LogP contribution in [0.4, 0.5) is 14.0 Å². The van der Waals surface area contributed by atoms with Crippen LogP contribution in [-0.4, -0.2) is 106 Å². The van der Waals surface area contributed by atoms with Crippen molar-refractivity contribution in [1.82, 2.24) is 15.1 Å². The van der Waals surface area contributed by atoms with Crippen LogP contribution in [0.2, 0.25) is 0 Å². The molecule has 2 unspecified atom stereocenters. The Morgan fingerprint density at radius 3 is 2.08 bits per heavy atom. The number of carbonyl (C=O) groups excluding carboxylic acids is 6. The Morgan fingerprint density at radius 1 is 0.968 bits per heavy atom. The predicted octanol–water partition coefficient (Wildman–Crippen LogP) is 8.00. The molecule has 2 aromatic rings. The lowest BCUT2D eigenvalue weighted by Gasteiger charge is -2.21. The minimum absolute atomic E-state index is 0.0789. The molecule has 3 heterocycles. The van der Waals surface area contributed by atoms with Gasteiger partial charge in [-0.15, -0.1) is 11.3 Å². The van der Waals surface area contributed by atoms with Gasteiger partial charge in [-0.1, -0.05) is 31.9 Å². The normalized spacial score (nSPS) is 14.9. The summed E-state index contributed by atoms with van der Waals surface area (Å²) >= 11 is 1.18. The topological polar surface area (TPSA) is 226 Å². The zero-order valence-electron chi connectivity index (χ0n) is 36.3. The van der Waals surface area contributed by atoms with E-state index in [-0.39, 0.29) is 11.5 Å². The molecule has 4 rings (SSSR count). The number of hydrogen-bond donors (Lipinski definition) is 2. The Hall–Kier alpha value is -5.15. The van der Waals surface area contributed by atoms with E-state index in [0.717, 1.165) is 56.3 Å². The lowest BCUT2D eigenvalue weighted by atomic mass is 10.1. The van der Waals surface area contributed by atoms with Gasteiger partial charge in [0.05, 0.1) is 29.1 Å². The summed E-state index contributed by atoms with van der Waals surface area (Å²) in [5.74, 6) is -1.94. The number of nitrogens with one attached hydrogen (secondary N) is 1. The third kappa shape index (κ3) is 23.7. The second-order valence-corrected chi connectivity index (χ2v) is 16.6. The summed E-state index contributed by atoms with van der Waals surface area (Å²) in [5.41, 5.74) is 5.48. The van der Waals surface area contributed by atoms with E-state index in [1.165, 1.54) is 55.2 Å². The molecule has 17 nitrogen and oxygen atoms in total. The number of nitriles is 1. The number of likely N-dealkylation sites (tertiary alicyclic amines) is 2. The first-order valence-electron chi connectivity index (χ1n) is 20.2. The molecule has 62 heavy (non-hydrogen) atoms. The molecule has 0 aliphatic carbocycles. The monoisotopic (exact) mass is 909 g/mol. The highest BCUT2D eigenvalue weighted by molar-refractivity contribution is 7.47. The number of allylic oxidation sites excluding steroid dienone is 3. The molecule has 1 aromatic heterocycles. The minimum atomic E-state index is -2.38. The third-order valence-corrected chi connectivity index (χ3v) is 10.7. The summed E-state index contributed by atoms with van der Waals surface area (Å²) in [7, 11) is -0.585. The number of carbonyl (C=O) groups is 6. The molecule has 2 fully saturated rings. The van der Waals surface area contributed by atoms with Crippen molar-refractivity contribution in [2.24, 2.45) is 11.7 Å². The van der Waals surface area contributed by atoms with Crippen LogP contribution < -0.4 is 11.1 Å². The van der Waals surface area contributed by atoms with Gasteiger partial charge in [-0.25, -0.2) is 14.0 Å². The molecule has 3 amide bonds. The Balaban J connectivity index is 0.000000531. The van der Waals surface area contributed by atoms with Crippen LogP contribution in [0.3, 0.4) is 0 Å². The van der Waals surface area contributed by atoms with Crippen molar-refractivity contribution in [1.29, 1.82) is 5.26 Å². The van der Waals surface area contributed by atoms with Crippen molar-refractivity contribution in [2.45, 2.75) is 97.7 Å². The van der Waals surface area contributed by atoms with Crippen LogP contribution in [0.1, 0.15) is 101 Å². The first kappa shape index (κ1) is 54.9. The molecule has 1 aromatic carbocycles. The van der Waals surface area contributed by atoms with Crippen LogP contribution in [0, 0.1) is 17.2 Å². The van der Waals surface area contributed by atoms with Crippen LogP contribution >= 0.6 is 19.7 Å². The maximum Gasteiger partial charge on any atom is 0.510 e. The standard InChI is InChI=1S/C20H25FNO9PS.C10H19NO.C6H8N2O.C6H9NO/c1-11(2)30-19(24)26-9-28-32(29-10-27-20(25)31-12(3)4)17(21)13-5-6-15-14(7-13)8-16(33-15)18(22)23;1-2-3-4-7-10(12)11-8-5-6-9-11;7-3-6-1-2-8(4-6)5-9;1-7-5-3-2-4-6-8/h5-8,11-12,17H,9-10H2,1-4H3,(H2,22,23);2-9H2,1H3;5-6H,1-2,4H2;2-7H,1H3/b;;;4-2-,5-3-. The molecule has 3 N–H and O–H groups in total. The fourth-order valence-corrected chi connectivity index (χ4v) is 7.18. The molecule has 2 aliphatic heterocycles. The average molecular weight is 910 g/mol. The van der Waals surface area contributed by atoms with E-state index in [0.29, 0.717) is 22.7 Å². The average Bonchev–Trinajstić information content (AvgIpc) is 4.04. The minimum Gasteiger partial charge on any atom is -0.432 e. The molecular weight excluding hydrogens is 849 g/mol. The largest absolute Gasteiger partial charge is 0.510 e. The van der Waals surface area contributed by atoms with Gasteiger partial charge in [0.15, 0.2) is 5.91 Å². The van der Waals surface area contributed by atoms with E-state index < -0.39 is 58.3 Å². The zero-order valence-corrected chi connectivity index (χ0v) is 38.0. The number of hydrogen-bond acceptors (Lipinski definition) is 15. The van der Waals surface area contributed by atoms with Gasteiger partial charge >= 0.3 is 12.3 Å². The lowest BCUT2D eigenvalue weighted by Crippen LogP contribution is -2.27. The summed E-state index contributed by atoms with van der Waals surface area (Å²) in [6, 6.07) is 8.33. The Labute approximate surface area is 368 Å². The van der Waals surface area contributed by atoms with Crippen molar-refractivity contribution in [3.63, 3.8) is 0 Å².